The van der Waals surface area contributed by atoms with Gasteiger partial charge in [-0.05, 0) is 162 Å². The summed E-state index contributed by atoms with van der Waals surface area (Å²) in [4.78, 5) is 5.24. The first-order valence-corrected chi connectivity index (χ1v) is 24.5. The molecule has 0 radical (unpaired) electrons. The molecule has 4 nitrogen and oxygen atoms in total. The van der Waals surface area contributed by atoms with E-state index in [0.717, 1.165) is 44.6 Å². The molecule has 0 aliphatic carbocycles. The van der Waals surface area contributed by atoms with Crippen LogP contribution in [-0.4, -0.2) is 6.71 Å². The molecular formula is C61H55BN2O2S. The van der Waals surface area contributed by atoms with Crippen LogP contribution >= 0.6 is 11.3 Å². The van der Waals surface area contributed by atoms with Crippen LogP contribution in [0.2, 0.25) is 0 Å². The van der Waals surface area contributed by atoms with Crippen LogP contribution in [0.1, 0.15) is 80.5 Å². The lowest BCUT2D eigenvalue weighted by molar-refractivity contribution is 0.589. The Balaban J connectivity index is 1.16. The molecule has 0 unspecified atom stereocenters. The van der Waals surface area contributed by atoms with Gasteiger partial charge in [0.25, 0.3) is 6.71 Å². The van der Waals surface area contributed by atoms with Crippen molar-refractivity contribution in [3.05, 3.63) is 172 Å². The second-order valence-corrected chi connectivity index (χ2v) is 22.4. The Kier molecular flexibility index (Phi) is 9.09. The third-order valence-electron chi connectivity index (χ3n) is 14.4. The van der Waals surface area contributed by atoms with Crippen LogP contribution in [0.25, 0.3) is 54.7 Å². The number of para-hydroxylation sites is 2. The van der Waals surface area contributed by atoms with Gasteiger partial charge in [-0.1, -0.05) is 108 Å². The van der Waals surface area contributed by atoms with Gasteiger partial charge in [-0.25, -0.2) is 0 Å². The Hall–Kier alpha value is -6.76. The maximum atomic E-state index is 6.60. The second-order valence-electron chi connectivity index (χ2n) is 21.3. The molecule has 0 spiro atoms. The summed E-state index contributed by atoms with van der Waals surface area (Å²) >= 11 is 1.96. The van der Waals surface area contributed by atoms with Crippen LogP contribution in [0.15, 0.2) is 142 Å². The highest BCUT2D eigenvalue weighted by molar-refractivity contribution is 7.33. The molecule has 0 amide bonds. The van der Waals surface area contributed by atoms with Crippen LogP contribution in [0.3, 0.4) is 0 Å². The van der Waals surface area contributed by atoms with Crippen molar-refractivity contribution in [2.45, 2.75) is 87.0 Å². The SMILES string of the molecule is Cc1cc2c3c(c1)N(c1c(C)cc(-c4cc5ccccc5o4)cc1C)c1c(sc4ccc(C(C)(C)C)cc14)B3c1ccc(-c3cc4ccccc4o3)cc1N2c1c(C)cc(C(C)(C)C)cc1C. The van der Waals surface area contributed by atoms with Gasteiger partial charge in [-0.3, -0.25) is 0 Å². The predicted molar refractivity (Wildman–Crippen MR) is 287 cm³/mol. The summed E-state index contributed by atoms with van der Waals surface area (Å²) in [6, 6.07) is 49.7. The van der Waals surface area contributed by atoms with Gasteiger partial charge in [-0.15, -0.1) is 11.3 Å². The molecule has 0 bridgehead atoms. The molecule has 2 aliphatic heterocycles. The lowest BCUT2D eigenvalue weighted by Gasteiger charge is -2.44. The normalized spacial score (nSPS) is 13.5. The minimum absolute atomic E-state index is 0.00629. The molecule has 67 heavy (non-hydrogen) atoms. The molecule has 3 aromatic heterocycles. The maximum absolute atomic E-state index is 6.60. The van der Waals surface area contributed by atoms with Gasteiger partial charge in [-0.2, -0.15) is 0 Å². The van der Waals surface area contributed by atoms with E-state index < -0.39 is 0 Å². The van der Waals surface area contributed by atoms with E-state index in [2.05, 4.69) is 207 Å². The Labute approximate surface area is 398 Å². The van der Waals surface area contributed by atoms with Crippen molar-refractivity contribution in [3.63, 3.8) is 0 Å². The van der Waals surface area contributed by atoms with E-state index in [1.165, 1.54) is 98.9 Å². The molecular weight excluding hydrogens is 836 g/mol. The lowest BCUT2D eigenvalue weighted by Crippen LogP contribution is -2.60. The molecule has 0 atom stereocenters. The number of hydrogen-bond donors (Lipinski definition) is 0. The molecule has 12 rings (SSSR count). The molecule has 0 saturated carbocycles. The number of thiophene rings is 1. The summed E-state index contributed by atoms with van der Waals surface area (Å²) < 4.78 is 15.8. The fourth-order valence-corrected chi connectivity index (χ4v) is 12.4. The monoisotopic (exact) mass is 890 g/mol. The van der Waals surface area contributed by atoms with Crippen molar-refractivity contribution in [1.82, 2.24) is 0 Å². The summed E-state index contributed by atoms with van der Waals surface area (Å²) in [6.45, 7) is 25.3. The first-order chi connectivity index (χ1) is 32.0. The highest BCUT2D eigenvalue weighted by Gasteiger charge is 2.46. The zero-order valence-electron chi connectivity index (χ0n) is 40.4. The first kappa shape index (κ1) is 41.7. The van der Waals surface area contributed by atoms with Crippen molar-refractivity contribution in [3.8, 4) is 22.6 Å². The van der Waals surface area contributed by atoms with Crippen LogP contribution in [-0.2, 0) is 10.8 Å². The number of aryl methyl sites for hydroxylation is 5. The largest absolute Gasteiger partial charge is 0.456 e. The van der Waals surface area contributed by atoms with Gasteiger partial charge in [0.2, 0.25) is 0 Å². The van der Waals surface area contributed by atoms with E-state index in [1.54, 1.807) is 0 Å². The van der Waals surface area contributed by atoms with E-state index >= 15 is 0 Å². The minimum atomic E-state index is -0.0203. The summed E-state index contributed by atoms with van der Waals surface area (Å²) in [7, 11) is 0. The molecule has 0 saturated heterocycles. The van der Waals surface area contributed by atoms with E-state index in [-0.39, 0.29) is 17.5 Å². The average Bonchev–Trinajstić information content (AvgIpc) is 4.02. The maximum Gasteiger partial charge on any atom is 0.264 e. The number of fused-ring (bicyclic) bond motifs is 8. The number of benzene rings is 7. The number of furan rings is 2. The topological polar surface area (TPSA) is 32.8 Å². The van der Waals surface area contributed by atoms with Crippen molar-refractivity contribution >= 4 is 99.9 Å². The standard InChI is InChI=1S/C61H55BN2O2S/c1-34-24-48-55-49(25-34)64(57-35(2)26-42(27-36(57)3)53-32-40-17-13-15-19-51(40)66-53)58-45-33-43(60(6,7)8)21-23-54(45)67-59(58)62(55)46-22-20-41(52-31-39-16-12-14-18-50(39)65-52)30-47(46)63(48)56-37(4)28-44(29-38(56)5)61(9,10)11/h12-33H,1-11H3. The van der Waals surface area contributed by atoms with Crippen molar-refractivity contribution in [2.24, 2.45) is 0 Å². The molecule has 6 heteroatoms. The zero-order valence-corrected chi connectivity index (χ0v) is 41.2. The second kappa shape index (κ2) is 14.6. The smallest absolute Gasteiger partial charge is 0.264 e. The number of rotatable bonds is 4. The summed E-state index contributed by atoms with van der Waals surface area (Å²) in [5.74, 6) is 1.76. The summed E-state index contributed by atoms with van der Waals surface area (Å²) in [5, 5.41) is 3.52. The first-order valence-electron chi connectivity index (χ1n) is 23.7. The average molecular weight is 891 g/mol. The fourth-order valence-electron chi connectivity index (χ4n) is 11.1. The molecule has 330 valence electrons. The van der Waals surface area contributed by atoms with E-state index in [4.69, 9.17) is 8.83 Å². The zero-order chi connectivity index (χ0) is 46.4. The number of anilines is 6. The van der Waals surface area contributed by atoms with Gasteiger partial charge in [0, 0.05) is 53.8 Å². The van der Waals surface area contributed by atoms with Gasteiger partial charge in [0.1, 0.15) is 22.7 Å². The van der Waals surface area contributed by atoms with Gasteiger partial charge in [0.05, 0.1) is 17.1 Å². The summed E-state index contributed by atoms with van der Waals surface area (Å²) in [6.07, 6.45) is 0. The number of nitrogens with zero attached hydrogens (tertiary/aromatic N) is 2. The van der Waals surface area contributed by atoms with Crippen molar-refractivity contribution < 1.29 is 8.83 Å². The molecule has 7 aromatic carbocycles. The lowest BCUT2D eigenvalue weighted by atomic mass is 9.36. The van der Waals surface area contributed by atoms with Gasteiger partial charge < -0.3 is 18.6 Å². The Morgan fingerprint density at radius 2 is 1.03 bits per heavy atom. The molecule has 10 aromatic rings. The summed E-state index contributed by atoms with van der Waals surface area (Å²) in [5.41, 5.74) is 22.8. The van der Waals surface area contributed by atoms with E-state index in [9.17, 15) is 0 Å². The predicted octanol–water partition coefficient (Wildman–Crippen LogP) is 15.9. The van der Waals surface area contributed by atoms with Crippen LogP contribution < -0.4 is 25.5 Å². The fraction of sp³-hybridized carbons (Fsp3) is 0.213. The number of hydrogen-bond acceptors (Lipinski definition) is 5. The van der Waals surface area contributed by atoms with Crippen LogP contribution in [0.4, 0.5) is 34.1 Å². The Morgan fingerprint density at radius 1 is 0.478 bits per heavy atom. The van der Waals surface area contributed by atoms with E-state index in [0.29, 0.717) is 0 Å². The molecule has 2 aliphatic rings. The third-order valence-corrected chi connectivity index (χ3v) is 15.6. The highest BCUT2D eigenvalue weighted by atomic mass is 32.1. The minimum Gasteiger partial charge on any atom is -0.456 e. The van der Waals surface area contributed by atoms with Crippen molar-refractivity contribution in [2.75, 3.05) is 9.80 Å². The van der Waals surface area contributed by atoms with Crippen LogP contribution in [0.5, 0.6) is 0 Å². The highest BCUT2D eigenvalue weighted by Crippen LogP contribution is 2.52. The Bertz CT molecular complexity index is 3590. The van der Waals surface area contributed by atoms with Crippen LogP contribution in [0, 0.1) is 34.6 Å². The third kappa shape index (κ3) is 6.47. The Morgan fingerprint density at radius 3 is 1.63 bits per heavy atom. The van der Waals surface area contributed by atoms with Gasteiger partial charge in [0.15, 0.2) is 0 Å². The van der Waals surface area contributed by atoms with Gasteiger partial charge >= 0.3 is 0 Å². The van der Waals surface area contributed by atoms with Crippen molar-refractivity contribution in [1.29, 1.82) is 0 Å². The quantitative estimate of drug-likeness (QED) is 0.165. The molecule has 5 heterocycles. The molecule has 0 N–H and O–H groups in total. The molecule has 0 fully saturated rings. The van der Waals surface area contributed by atoms with E-state index in [1.807, 2.05) is 23.5 Å².